The average molecular weight is 303 g/mol. The van der Waals surface area contributed by atoms with Gasteiger partial charge in [-0.05, 0) is 24.7 Å². The third kappa shape index (κ3) is 3.10. The summed E-state index contributed by atoms with van der Waals surface area (Å²) >= 11 is 1.96. The molecule has 3 rings (SSSR count). The predicted molar refractivity (Wildman–Crippen MR) is 85.1 cm³/mol. The molecule has 1 aliphatic heterocycles. The van der Waals surface area contributed by atoms with Crippen LogP contribution >= 0.6 is 11.8 Å². The van der Waals surface area contributed by atoms with E-state index in [0.29, 0.717) is 16.5 Å². The van der Waals surface area contributed by atoms with Gasteiger partial charge in [-0.15, -0.1) is 10.2 Å². The summed E-state index contributed by atoms with van der Waals surface area (Å²) in [5.74, 6) is 0.139. The van der Waals surface area contributed by atoms with Gasteiger partial charge in [-0.3, -0.25) is 0 Å². The van der Waals surface area contributed by atoms with Crippen molar-refractivity contribution >= 4 is 34.3 Å². The van der Waals surface area contributed by atoms with Crippen molar-refractivity contribution in [2.45, 2.75) is 24.5 Å². The molecule has 0 amide bonds. The number of fused-ring (bicyclic) bond motifs is 1. The number of aromatic nitrogens is 2. The molecule has 1 fully saturated rings. The molecule has 1 atom stereocenters. The van der Waals surface area contributed by atoms with E-state index in [4.69, 9.17) is 0 Å². The number of benzene rings is 1. The molecule has 2 N–H and O–H groups in total. The Morgan fingerprint density at radius 2 is 2.19 bits per heavy atom. The molecule has 1 aliphatic rings. The second-order valence-corrected chi connectivity index (χ2v) is 6.52. The van der Waals surface area contributed by atoms with E-state index in [0.717, 1.165) is 11.9 Å². The standard InChI is InChI=1S/C15H17N3O2S/c19-15(20)14-13(16-9-10-5-3-4-8-21-10)11-6-1-2-7-12(11)17-18-14/h1-2,6-7,10H,3-5,8-9H2,(H,16,17)(H,19,20). The lowest BCUT2D eigenvalue weighted by atomic mass is 10.1. The second-order valence-electron chi connectivity index (χ2n) is 5.12. The number of hydrogen-bond donors (Lipinski definition) is 2. The van der Waals surface area contributed by atoms with Crippen LogP contribution in [-0.2, 0) is 0 Å². The van der Waals surface area contributed by atoms with Crippen LogP contribution in [0.2, 0.25) is 0 Å². The molecule has 0 saturated carbocycles. The van der Waals surface area contributed by atoms with E-state index in [1.165, 1.54) is 25.0 Å². The molecule has 1 saturated heterocycles. The van der Waals surface area contributed by atoms with E-state index in [1.54, 1.807) is 0 Å². The number of carboxylic acid groups (broad SMARTS) is 1. The molecule has 0 radical (unpaired) electrons. The highest BCUT2D eigenvalue weighted by atomic mass is 32.2. The van der Waals surface area contributed by atoms with Crippen LogP contribution in [0.4, 0.5) is 5.69 Å². The lowest BCUT2D eigenvalue weighted by molar-refractivity contribution is 0.0690. The summed E-state index contributed by atoms with van der Waals surface area (Å²) in [6.07, 6.45) is 3.71. The minimum atomic E-state index is -1.05. The highest BCUT2D eigenvalue weighted by molar-refractivity contribution is 7.99. The monoisotopic (exact) mass is 303 g/mol. The molecule has 1 aromatic heterocycles. The largest absolute Gasteiger partial charge is 0.476 e. The number of anilines is 1. The van der Waals surface area contributed by atoms with Gasteiger partial charge in [-0.2, -0.15) is 11.8 Å². The van der Waals surface area contributed by atoms with E-state index in [2.05, 4.69) is 15.5 Å². The fourth-order valence-electron chi connectivity index (χ4n) is 2.57. The quantitative estimate of drug-likeness (QED) is 0.904. The van der Waals surface area contributed by atoms with Crippen LogP contribution in [0.3, 0.4) is 0 Å². The molecular weight excluding hydrogens is 286 g/mol. The van der Waals surface area contributed by atoms with E-state index < -0.39 is 5.97 Å². The zero-order chi connectivity index (χ0) is 14.7. The molecule has 0 spiro atoms. The molecule has 5 nitrogen and oxygen atoms in total. The Hall–Kier alpha value is -1.82. The van der Waals surface area contributed by atoms with Gasteiger partial charge < -0.3 is 10.4 Å². The average Bonchev–Trinajstić information content (AvgIpc) is 2.53. The van der Waals surface area contributed by atoms with Crippen molar-refractivity contribution in [2.75, 3.05) is 17.6 Å². The smallest absolute Gasteiger partial charge is 0.358 e. The van der Waals surface area contributed by atoms with Gasteiger partial charge in [0.1, 0.15) is 0 Å². The minimum absolute atomic E-state index is 0.00508. The number of thioether (sulfide) groups is 1. The van der Waals surface area contributed by atoms with Crippen molar-refractivity contribution < 1.29 is 9.90 Å². The maximum atomic E-state index is 11.4. The summed E-state index contributed by atoms with van der Waals surface area (Å²) in [5, 5.41) is 21.8. The van der Waals surface area contributed by atoms with Gasteiger partial charge in [0.05, 0.1) is 11.2 Å². The number of nitrogens with zero attached hydrogens (tertiary/aromatic N) is 2. The fourth-order valence-corrected chi connectivity index (χ4v) is 3.81. The van der Waals surface area contributed by atoms with Crippen LogP contribution in [0.15, 0.2) is 24.3 Å². The van der Waals surface area contributed by atoms with Gasteiger partial charge >= 0.3 is 5.97 Å². The maximum absolute atomic E-state index is 11.4. The first-order chi connectivity index (χ1) is 10.3. The van der Waals surface area contributed by atoms with Crippen molar-refractivity contribution in [3.05, 3.63) is 30.0 Å². The Morgan fingerprint density at radius 3 is 2.95 bits per heavy atom. The summed E-state index contributed by atoms with van der Waals surface area (Å²) in [6, 6.07) is 7.48. The molecule has 2 heterocycles. The highest BCUT2D eigenvalue weighted by Gasteiger charge is 2.19. The van der Waals surface area contributed by atoms with Gasteiger partial charge in [0, 0.05) is 17.2 Å². The first-order valence-corrected chi connectivity index (χ1v) is 8.15. The lowest BCUT2D eigenvalue weighted by Crippen LogP contribution is -2.21. The van der Waals surface area contributed by atoms with Crippen LogP contribution < -0.4 is 5.32 Å². The Bertz CT molecular complexity index is 656. The van der Waals surface area contributed by atoms with Crippen LogP contribution in [-0.4, -0.2) is 38.8 Å². The van der Waals surface area contributed by atoms with Crippen molar-refractivity contribution in [3.63, 3.8) is 0 Å². The molecule has 1 aromatic carbocycles. The molecule has 0 bridgehead atoms. The highest BCUT2D eigenvalue weighted by Crippen LogP contribution is 2.28. The Kier molecular flexibility index (Phi) is 4.24. The van der Waals surface area contributed by atoms with Crippen LogP contribution in [0, 0.1) is 0 Å². The molecule has 110 valence electrons. The molecule has 2 aromatic rings. The number of aromatic carboxylic acids is 1. The normalized spacial score (nSPS) is 18.6. The number of nitrogens with one attached hydrogen (secondary N) is 1. The van der Waals surface area contributed by atoms with E-state index in [1.807, 2.05) is 36.0 Å². The zero-order valence-corrected chi connectivity index (χ0v) is 12.4. The summed E-state index contributed by atoms with van der Waals surface area (Å²) in [6.45, 7) is 0.765. The second kappa shape index (κ2) is 6.30. The maximum Gasteiger partial charge on any atom is 0.358 e. The van der Waals surface area contributed by atoms with Crippen molar-refractivity contribution in [1.29, 1.82) is 0 Å². The summed E-state index contributed by atoms with van der Waals surface area (Å²) in [5.41, 5.74) is 1.29. The van der Waals surface area contributed by atoms with Crippen molar-refractivity contribution in [2.24, 2.45) is 0 Å². The SMILES string of the molecule is O=C(O)c1nnc2ccccc2c1NCC1CCCCS1. The van der Waals surface area contributed by atoms with Gasteiger partial charge in [-0.1, -0.05) is 24.6 Å². The summed E-state index contributed by atoms with van der Waals surface area (Å²) in [4.78, 5) is 11.4. The minimum Gasteiger partial charge on any atom is -0.476 e. The Morgan fingerprint density at radius 1 is 1.33 bits per heavy atom. The van der Waals surface area contributed by atoms with Gasteiger partial charge in [0.25, 0.3) is 0 Å². The fraction of sp³-hybridized carbons (Fsp3) is 0.400. The number of carboxylic acids is 1. The van der Waals surface area contributed by atoms with E-state index in [-0.39, 0.29) is 5.69 Å². The summed E-state index contributed by atoms with van der Waals surface area (Å²) in [7, 11) is 0. The number of carbonyl (C=O) groups is 1. The Labute approximate surface area is 127 Å². The van der Waals surface area contributed by atoms with Crippen molar-refractivity contribution in [1.82, 2.24) is 10.2 Å². The third-order valence-electron chi connectivity index (χ3n) is 3.65. The number of hydrogen-bond acceptors (Lipinski definition) is 5. The lowest BCUT2D eigenvalue weighted by Gasteiger charge is -2.22. The van der Waals surface area contributed by atoms with Crippen LogP contribution in [0.5, 0.6) is 0 Å². The summed E-state index contributed by atoms with van der Waals surface area (Å²) < 4.78 is 0. The van der Waals surface area contributed by atoms with Crippen LogP contribution in [0.25, 0.3) is 10.9 Å². The topological polar surface area (TPSA) is 75.1 Å². The Balaban J connectivity index is 1.90. The predicted octanol–water partition coefficient (Wildman–Crippen LogP) is 3.03. The number of rotatable bonds is 4. The zero-order valence-electron chi connectivity index (χ0n) is 11.6. The first kappa shape index (κ1) is 14.1. The van der Waals surface area contributed by atoms with Crippen LogP contribution in [0.1, 0.15) is 29.8 Å². The van der Waals surface area contributed by atoms with Crippen molar-refractivity contribution in [3.8, 4) is 0 Å². The van der Waals surface area contributed by atoms with Gasteiger partial charge in [-0.25, -0.2) is 4.79 Å². The van der Waals surface area contributed by atoms with E-state index in [9.17, 15) is 9.90 Å². The molecule has 1 unspecified atom stereocenters. The molecular formula is C15H17N3O2S. The first-order valence-electron chi connectivity index (χ1n) is 7.10. The molecule has 6 heteroatoms. The van der Waals surface area contributed by atoms with E-state index >= 15 is 0 Å². The van der Waals surface area contributed by atoms with Gasteiger partial charge in [0.2, 0.25) is 0 Å². The molecule has 0 aliphatic carbocycles. The molecule has 21 heavy (non-hydrogen) atoms. The third-order valence-corrected chi connectivity index (χ3v) is 5.05. The van der Waals surface area contributed by atoms with Gasteiger partial charge in [0.15, 0.2) is 5.69 Å².